The number of nitrogens with zero attached hydrogens (tertiary/aromatic N) is 1. The predicted octanol–water partition coefficient (Wildman–Crippen LogP) is 1.70. The van der Waals surface area contributed by atoms with Crippen LogP contribution in [0.3, 0.4) is 0 Å². The summed E-state index contributed by atoms with van der Waals surface area (Å²) in [5, 5.41) is 6.36. The number of hydrogen-bond donors (Lipinski definition) is 2. The lowest BCUT2D eigenvalue weighted by molar-refractivity contribution is -0.130. The summed E-state index contributed by atoms with van der Waals surface area (Å²) < 4.78 is 0. The van der Waals surface area contributed by atoms with Crippen molar-refractivity contribution in [2.75, 3.05) is 6.54 Å². The number of likely N-dealkylation sites (tertiary alicyclic amines) is 1. The Labute approximate surface area is 142 Å². The zero-order chi connectivity index (χ0) is 16.5. The first-order chi connectivity index (χ1) is 11.7. The number of carbonyl (C=O) groups is 2. The first kappa shape index (κ1) is 15.6. The van der Waals surface area contributed by atoms with Crippen molar-refractivity contribution in [3.05, 3.63) is 34.9 Å². The van der Waals surface area contributed by atoms with E-state index in [0.717, 1.165) is 31.5 Å². The van der Waals surface area contributed by atoms with Crippen LogP contribution in [0.5, 0.6) is 0 Å². The van der Waals surface area contributed by atoms with E-state index in [-0.39, 0.29) is 17.7 Å². The summed E-state index contributed by atoms with van der Waals surface area (Å²) >= 11 is 0. The van der Waals surface area contributed by atoms with E-state index in [2.05, 4.69) is 28.8 Å². The molecule has 1 aromatic rings. The van der Waals surface area contributed by atoms with Gasteiger partial charge in [-0.15, -0.1) is 0 Å². The van der Waals surface area contributed by atoms with Crippen molar-refractivity contribution in [2.24, 2.45) is 5.92 Å². The normalized spacial score (nSPS) is 23.8. The Morgan fingerprint density at radius 2 is 2.00 bits per heavy atom. The third kappa shape index (κ3) is 3.05. The van der Waals surface area contributed by atoms with E-state index < -0.39 is 0 Å². The molecule has 2 aliphatic heterocycles. The van der Waals surface area contributed by atoms with Crippen LogP contribution in [-0.4, -0.2) is 29.3 Å². The number of rotatable bonds is 4. The van der Waals surface area contributed by atoms with Gasteiger partial charge >= 0.3 is 0 Å². The van der Waals surface area contributed by atoms with Gasteiger partial charge in [0.05, 0.1) is 5.92 Å². The Morgan fingerprint density at radius 3 is 2.83 bits per heavy atom. The average molecular weight is 327 g/mol. The Balaban J connectivity index is 1.32. The molecular weight excluding hydrogens is 302 g/mol. The Kier molecular flexibility index (Phi) is 4.27. The van der Waals surface area contributed by atoms with Crippen molar-refractivity contribution in [3.8, 4) is 0 Å². The van der Waals surface area contributed by atoms with Crippen LogP contribution in [0.2, 0.25) is 0 Å². The molecule has 1 unspecified atom stereocenters. The lowest BCUT2D eigenvalue weighted by Gasteiger charge is -2.23. The van der Waals surface area contributed by atoms with E-state index in [1.54, 1.807) is 0 Å². The summed E-state index contributed by atoms with van der Waals surface area (Å²) in [5.74, 6) is -0.0117. The summed E-state index contributed by atoms with van der Waals surface area (Å²) in [7, 11) is 0. The maximum Gasteiger partial charge on any atom is 0.225 e. The molecule has 2 fully saturated rings. The van der Waals surface area contributed by atoms with Gasteiger partial charge in [0, 0.05) is 38.6 Å². The van der Waals surface area contributed by atoms with Crippen LogP contribution in [0.1, 0.15) is 48.8 Å². The summed E-state index contributed by atoms with van der Waals surface area (Å²) in [5.41, 5.74) is 3.80. The van der Waals surface area contributed by atoms with Gasteiger partial charge in [-0.25, -0.2) is 0 Å². The van der Waals surface area contributed by atoms with Crippen LogP contribution >= 0.6 is 0 Å². The molecule has 24 heavy (non-hydrogen) atoms. The maximum absolute atomic E-state index is 12.5. The van der Waals surface area contributed by atoms with Crippen LogP contribution in [0.4, 0.5) is 0 Å². The summed E-state index contributed by atoms with van der Waals surface area (Å²) in [6.07, 6.45) is 4.99. The average Bonchev–Trinajstić information content (AvgIpc) is 3.31. The third-order valence-electron chi connectivity index (χ3n) is 5.66. The zero-order valence-electron chi connectivity index (χ0n) is 14.0. The Morgan fingerprint density at radius 1 is 1.21 bits per heavy atom. The molecule has 1 atom stereocenters. The zero-order valence-corrected chi connectivity index (χ0v) is 14.0. The number of carbonyl (C=O) groups excluding carboxylic acids is 2. The molecule has 1 saturated carbocycles. The van der Waals surface area contributed by atoms with Gasteiger partial charge in [0.15, 0.2) is 0 Å². The highest BCUT2D eigenvalue weighted by molar-refractivity contribution is 5.89. The molecule has 1 aliphatic carbocycles. The van der Waals surface area contributed by atoms with E-state index in [1.165, 1.54) is 24.0 Å². The fourth-order valence-corrected chi connectivity index (χ4v) is 4.27. The first-order valence-corrected chi connectivity index (χ1v) is 9.09. The van der Waals surface area contributed by atoms with Gasteiger partial charge in [-0.2, -0.15) is 0 Å². The third-order valence-corrected chi connectivity index (χ3v) is 5.66. The van der Waals surface area contributed by atoms with Crippen molar-refractivity contribution < 1.29 is 9.59 Å². The largest absolute Gasteiger partial charge is 0.352 e. The maximum atomic E-state index is 12.5. The molecule has 0 spiro atoms. The molecular formula is C19H25N3O2. The van der Waals surface area contributed by atoms with Crippen molar-refractivity contribution in [1.82, 2.24) is 15.5 Å². The molecule has 1 aromatic carbocycles. The first-order valence-electron chi connectivity index (χ1n) is 9.09. The number of fused-ring (bicyclic) bond motifs is 1. The van der Waals surface area contributed by atoms with Gasteiger partial charge in [0.1, 0.15) is 0 Å². The minimum absolute atomic E-state index is 0.0162. The van der Waals surface area contributed by atoms with Crippen LogP contribution < -0.4 is 10.6 Å². The minimum Gasteiger partial charge on any atom is -0.352 e. The van der Waals surface area contributed by atoms with E-state index in [4.69, 9.17) is 0 Å². The topological polar surface area (TPSA) is 61.4 Å². The monoisotopic (exact) mass is 327 g/mol. The Hall–Kier alpha value is -1.88. The van der Waals surface area contributed by atoms with Crippen molar-refractivity contribution in [2.45, 2.75) is 57.8 Å². The number of benzene rings is 1. The highest BCUT2D eigenvalue weighted by Gasteiger charge is 2.38. The molecule has 2 amide bonds. The van der Waals surface area contributed by atoms with Crippen molar-refractivity contribution in [1.29, 1.82) is 0 Å². The fraction of sp³-hybridized carbons (Fsp3) is 0.579. The number of nitrogens with one attached hydrogen (secondary N) is 2. The second-order valence-corrected chi connectivity index (χ2v) is 7.31. The van der Waals surface area contributed by atoms with E-state index in [1.807, 2.05) is 4.90 Å². The highest BCUT2D eigenvalue weighted by Crippen LogP contribution is 2.29. The van der Waals surface area contributed by atoms with Gasteiger partial charge in [-0.1, -0.05) is 31.0 Å². The number of hydrogen-bond acceptors (Lipinski definition) is 3. The molecule has 5 nitrogen and oxygen atoms in total. The van der Waals surface area contributed by atoms with Gasteiger partial charge in [-0.05, 0) is 29.5 Å². The predicted molar refractivity (Wildman–Crippen MR) is 90.9 cm³/mol. The summed E-state index contributed by atoms with van der Waals surface area (Å²) in [6.45, 7) is 2.98. The molecule has 1 saturated heterocycles. The second-order valence-electron chi connectivity index (χ2n) is 7.31. The molecule has 0 aromatic heterocycles. The highest BCUT2D eigenvalue weighted by atomic mass is 16.2. The van der Waals surface area contributed by atoms with Crippen LogP contribution in [0.15, 0.2) is 18.2 Å². The molecule has 0 radical (unpaired) electrons. The smallest absolute Gasteiger partial charge is 0.225 e. The molecule has 5 heteroatoms. The molecule has 3 aliphatic rings. The molecule has 0 bridgehead atoms. The molecule has 128 valence electrons. The minimum atomic E-state index is -0.186. The van der Waals surface area contributed by atoms with Crippen LogP contribution in [-0.2, 0) is 29.2 Å². The number of amides is 2. The van der Waals surface area contributed by atoms with Gasteiger partial charge in [0.2, 0.25) is 11.8 Å². The second kappa shape index (κ2) is 6.55. The van der Waals surface area contributed by atoms with Gasteiger partial charge in [-0.3, -0.25) is 9.59 Å². The van der Waals surface area contributed by atoms with Crippen molar-refractivity contribution in [3.63, 3.8) is 0 Å². The molecule has 2 heterocycles. The Bertz CT molecular complexity index is 652. The summed E-state index contributed by atoms with van der Waals surface area (Å²) in [6, 6.07) is 6.76. The quantitative estimate of drug-likeness (QED) is 0.885. The van der Waals surface area contributed by atoms with Gasteiger partial charge < -0.3 is 15.5 Å². The SMILES string of the molecule is O=C(NCc1ccc2c(c1)CNC2)C1CC(=O)N(C2CCCC2)C1. The van der Waals surface area contributed by atoms with Crippen LogP contribution in [0, 0.1) is 5.92 Å². The van der Waals surface area contributed by atoms with Crippen LogP contribution in [0.25, 0.3) is 0 Å². The molecule has 2 N–H and O–H groups in total. The molecule has 4 rings (SSSR count). The van der Waals surface area contributed by atoms with Gasteiger partial charge in [0.25, 0.3) is 0 Å². The van der Waals surface area contributed by atoms with Crippen molar-refractivity contribution >= 4 is 11.8 Å². The van der Waals surface area contributed by atoms with E-state index >= 15 is 0 Å². The lowest BCUT2D eigenvalue weighted by Crippen LogP contribution is -2.36. The fourth-order valence-electron chi connectivity index (χ4n) is 4.27. The van der Waals surface area contributed by atoms with E-state index in [9.17, 15) is 9.59 Å². The standard InChI is InChI=1S/C19H25N3O2/c23-18-8-16(12-22(18)17-3-1-2-4-17)19(24)21-9-13-5-6-14-10-20-11-15(14)7-13/h5-7,16-17,20H,1-4,8-12H2,(H,21,24). The summed E-state index contributed by atoms with van der Waals surface area (Å²) in [4.78, 5) is 26.6. The van der Waals surface area contributed by atoms with E-state index in [0.29, 0.717) is 25.6 Å². The lowest BCUT2D eigenvalue weighted by atomic mass is 10.1.